The van der Waals surface area contributed by atoms with E-state index in [-0.39, 0.29) is 0 Å². The second-order valence-electron chi connectivity index (χ2n) is 6.77. The Morgan fingerprint density at radius 3 is 2.33 bits per heavy atom. The van der Waals surface area contributed by atoms with Gasteiger partial charge in [-0.05, 0) is 74.8 Å². The molecule has 0 aliphatic heterocycles. The van der Waals surface area contributed by atoms with Crippen LogP contribution < -0.4 is 10.2 Å². The van der Waals surface area contributed by atoms with Gasteiger partial charge in [-0.25, -0.2) is 0 Å². The van der Waals surface area contributed by atoms with Crippen molar-refractivity contribution in [3.63, 3.8) is 0 Å². The van der Waals surface area contributed by atoms with Crippen LogP contribution in [0.15, 0.2) is 22.7 Å². The molecule has 0 saturated heterocycles. The lowest BCUT2D eigenvalue weighted by Crippen LogP contribution is -2.30. The first-order valence-corrected chi connectivity index (χ1v) is 9.24. The van der Waals surface area contributed by atoms with Crippen LogP contribution in [-0.4, -0.2) is 19.6 Å². The van der Waals surface area contributed by atoms with E-state index in [2.05, 4.69) is 58.2 Å². The van der Waals surface area contributed by atoms with Crippen LogP contribution in [0.5, 0.6) is 0 Å². The molecule has 2 saturated carbocycles. The highest BCUT2D eigenvalue weighted by atomic mass is 79.9. The smallest absolute Gasteiger partial charge is 0.0415 e. The first-order chi connectivity index (χ1) is 10.2. The van der Waals surface area contributed by atoms with Crippen LogP contribution in [0, 0.1) is 11.8 Å². The van der Waals surface area contributed by atoms with Crippen LogP contribution in [0.25, 0.3) is 0 Å². The highest BCUT2D eigenvalue weighted by molar-refractivity contribution is 9.10. The molecule has 0 aromatic heterocycles. The summed E-state index contributed by atoms with van der Waals surface area (Å²) in [5.74, 6) is 1.88. The Bertz CT molecular complexity index is 466. The largest absolute Gasteiger partial charge is 0.371 e. The van der Waals surface area contributed by atoms with Gasteiger partial charge in [-0.3, -0.25) is 0 Å². The second-order valence-corrected chi connectivity index (χ2v) is 7.69. The minimum absolute atomic E-state index is 0.406. The zero-order chi connectivity index (χ0) is 14.8. The van der Waals surface area contributed by atoms with Gasteiger partial charge in [0.25, 0.3) is 0 Å². The van der Waals surface area contributed by atoms with E-state index in [1.54, 1.807) is 0 Å². The standard InChI is InChI=1S/C18H27BrN2/c1-3-20-13(2)17-10-16(19)8-9-18(17)21(11-14-4-5-14)12-15-6-7-15/h8-10,13-15,20H,3-7,11-12H2,1-2H3. The molecule has 2 fully saturated rings. The lowest BCUT2D eigenvalue weighted by Gasteiger charge is -2.29. The van der Waals surface area contributed by atoms with Crippen molar-refractivity contribution >= 4 is 21.6 Å². The monoisotopic (exact) mass is 350 g/mol. The number of rotatable bonds is 8. The molecule has 0 heterocycles. The van der Waals surface area contributed by atoms with Gasteiger partial charge in [-0.2, -0.15) is 0 Å². The molecule has 1 aromatic rings. The van der Waals surface area contributed by atoms with Gasteiger partial charge in [0.2, 0.25) is 0 Å². The van der Waals surface area contributed by atoms with E-state index in [0.29, 0.717) is 6.04 Å². The summed E-state index contributed by atoms with van der Waals surface area (Å²) in [6, 6.07) is 7.22. The van der Waals surface area contributed by atoms with Crippen molar-refractivity contribution in [3.8, 4) is 0 Å². The van der Waals surface area contributed by atoms with E-state index in [1.807, 2.05) is 0 Å². The van der Waals surface area contributed by atoms with Crippen LogP contribution in [-0.2, 0) is 0 Å². The van der Waals surface area contributed by atoms with Gasteiger partial charge in [-0.15, -0.1) is 0 Å². The van der Waals surface area contributed by atoms with Crippen LogP contribution in [0.4, 0.5) is 5.69 Å². The molecule has 2 aliphatic rings. The van der Waals surface area contributed by atoms with Crippen LogP contribution in [0.3, 0.4) is 0 Å². The molecule has 0 radical (unpaired) electrons. The summed E-state index contributed by atoms with van der Waals surface area (Å²) in [7, 11) is 0. The van der Waals surface area contributed by atoms with Gasteiger partial charge in [0.05, 0.1) is 0 Å². The fourth-order valence-corrected chi connectivity index (χ4v) is 3.45. The average molecular weight is 351 g/mol. The molecule has 2 aliphatic carbocycles. The summed E-state index contributed by atoms with van der Waals surface area (Å²) >= 11 is 3.64. The van der Waals surface area contributed by atoms with Crippen molar-refractivity contribution in [1.82, 2.24) is 5.32 Å². The third kappa shape index (κ3) is 4.23. The second kappa shape index (κ2) is 6.70. The fourth-order valence-electron chi connectivity index (χ4n) is 3.07. The third-order valence-corrected chi connectivity index (χ3v) is 5.15. The number of nitrogens with zero attached hydrogens (tertiary/aromatic N) is 1. The van der Waals surface area contributed by atoms with Crippen molar-refractivity contribution in [3.05, 3.63) is 28.2 Å². The summed E-state index contributed by atoms with van der Waals surface area (Å²) in [6.07, 6.45) is 5.71. The number of benzene rings is 1. The van der Waals surface area contributed by atoms with Crippen molar-refractivity contribution in [2.24, 2.45) is 11.8 Å². The highest BCUT2D eigenvalue weighted by Crippen LogP contribution is 2.38. The fraction of sp³-hybridized carbons (Fsp3) is 0.667. The van der Waals surface area contributed by atoms with Crippen molar-refractivity contribution < 1.29 is 0 Å². The molecule has 116 valence electrons. The average Bonchev–Trinajstić information content (AvgIpc) is 3.34. The zero-order valence-electron chi connectivity index (χ0n) is 13.2. The van der Waals surface area contributed by atoms with Crippen LogP contribution in [0.1, 0.15) is 51.1 Å². The lowest BCUT2D eigenvalue weighted by atomic mass is 10.0. The Morgan fingerprint density at radius 1 is 1.19 bits per heavy atom. The first-order valence-electron chi connectivity index (χ1n) is 8.45. The van der Waals surface area contributed by atoms with Gasteiger partial charge >= 0.3 is 0 Å². The zero-order valence-corrected chi connectivity index (χ0v) is 14.8. The quantitative estimate of drug-likeness (QED) is 0.727. The molecule has 0 amide bonds. The molecular weight excluding hydrogens is 324 g/mol. The molecule has 0 spiro atoms. The maximum Gasteiger partial charge on any atom is 0.0415 e. The molecule has 1 unspecified atom stereocenters. The van der Waals surface area contributed by atoms with Crippen LogP contribution in [0.2, 0.25) is 0 Å². The number of hydrogen-bond acceptors (Lipinski definition) is 2. The summed E-state index contributed by atoms with van der Waals surface area (Å²) in [6.45, 7) is 7.98. The highest BCUT2D eigenvalue weighted by Gasteiger charge is 2.30. The normalized spacial score (nSPS) is 19.6. The molecule has 3 rings (SSSR count). The van der Waals surface area contributed by atoms with Crippen molar-refractivity contribution in [1.29, 1.82) is 0 Å². The van der Waals surface area contributed by atoms with Gasteiger partial charge in [-0.1, -0.05) is 22.9 Å². The maximum atomic E-state index is 3.64. The first kappa shape index (κ1) is 15.4. The molecular formula is C18H27BrN2. The van der Waals surface area contributed by atoms with E-state index in [1.165, 1.54) is 54.5 Å². The van der Waals surface area contributed by atoms with E-state index >= 15 is 0 Å². The molecule has 0 bridgehead atoms. The number of hydrogen-bond donors (Lipinski definition) is 1. The molecule has 1 N–H and O–H groups in total. The maximum absolute atomic E-state index is 3.64. The molecule has 1 aromatic carbocycles. The Kier molecular flexibility index (Phi) is 4.90. The molecule has 3 heteroatoms. The Labute approximate surface area is 137 Å². The van der Waals surface area contributed by atoms with E-state index in [0.717, 1.165) is 18.4 Å². The van der Waals surface area contributed by atoms with Crippen molar-refractivity contribution in [2.75, 3.05) is 24.5 Å². The summed E-state index contributed by atoms with van der Waals surface area (Å²) in [5.41, 5.74) is 2.89. The minimum Gasteiger partial charge on any atom is -0.371 e. The predicted molar refractivity (Wildman–Crippen MR) is 93.9 cm³/mol. The summed E-state index contributed by atoms with van der Waals surface area (Å²) < 4.78 is 1.18. The van der Waals surface area contributed by atoms with Gasteiger partial charge < -0.3 is 10.2 Å². The SMILES string of the molecule is CCNC(C)c1cc(Br)ccc1N(CC1CC1)CC1CC1. The van der Waals surface area contributed by atoms with Gasteiger partial charge in [0.15, 0.2) is 0 Å². The van der Waals surface area contributed by atoms with Crippen LogP contribution >= 0.6 is 15.9 Å². The summed E-state index contributed by atoms with van der Waals surface area (Å²) in [4.78, 5) is 2.67. The number of anilines is 1. The Hall–Kier alpha value is -0.540. The lowest BCUT2D eigenvalue weighted by molar-refractivity contribution is 0.591. The van der Waals surface area contributed by atoms with Crippen molar-refractivity contribution in [2.45, 2.75) is 45.6 Å². The predicted octanol–water partition coefficient (Wildman–Crippen LogP) is 4.75. The Balaban J connectivity index is 1.84. The van der Waals surface area contributed by atoms with Gasteiger partial charge in [0, 0.05) is 29.3 Å². The number of nitrogens with one attached hydrogen (secondary N) is 1. The van der Waals surface area contributed by atoms with Gasteiger partial charge in [0.1, 0.15) is 0 Å². The van der Waals surface area contributed by atoms with E-state index < -0.39 is 0 Å². The van der Waals surface area contributed by atoms with E-state index in [9.17, 15) is 0 Å². The minimum atomic E-state index is 0.406. The Morgan fingerprint density at radius 2 is 1.81 bits per heavy atom. The molecule has 2 nitrogen and oxygen atoms in total. The number of halogens is 1. The molecule has 21 heavy (non-hydrogen) atoms. The topological polar surface area (TPSA) is 15.3 Å². The third-order valence-electron chi connectivity index (χ3n) is 4.66. The van der Waals surface area contributed by atoms with E-state index in [4.69, 9.17) is 0 Å². The molecule has 1 atom stereocenters. The summed E-state index contributed by atoms with van der Waals surface area (Å²) in [5, 5.41) is 3.57.